The van der Waals surface area contributed by atoms with Gasteiger partial charge in [-0.1, -0.05) is 146 Å². The van der Waals surface area contributed by atoms with Crippen LogP contribution in [0.2, 0.25) is 0 Å². The molecule has 0 saturated heterocycles. The minimum absolute atomic E-state index is 1.14. The van der Waals surface area contributed by atoms with Crippen molar-refractivity contribution in [2.75, 3.05) is 11.9 Å². The van der Waals surface area contributed by atoms with Crippen molar-refractivity contribution in [1.82, 2.24) is 0 Å². The fourth-order valence-corrected chi connectivity index (χ4v) is 5.83. The van der Waals surface area contributed by atoms with Crippen molar-refractivity contribution in [1.29, 1.82) is 0 Å². The smallest absolute Gasteiger partial charge is 0.0487 e. The van der Waals surface area contributed by atoms with Crippen molar-refractivity contribution in [3.8, 4) is 44.5 Å². The SMILES string of the molecule is CN(c1ccc(-c2ccc(-c3ccccc3)cc2)c(-c2ccc3ccccc3c2)c1)c1ccccc1-c1ccccc1. The van der Waals surface area contributed by atoms with Gasteiger partial charge in [-0.15, -0.1) is 0 Å². The second-order valence-electron chi connectivity index (χ2n) is 10.7. The molecule has 7 aromatic carbocycles. The summed E-state index contributed by atoms with van der Waals surface area (Å²) in [6, 6.07) is 61.0. The summed E-state index contributed by atoms with van der Waals surface area (Å²) >= 11 is 0. The van der Waals surface area contributed by atoms with Crippen LogP contribution in [-0.2, 0) is 0 Å². The molecular formula is C41H31N. The van der Waals surface area contributed by atoms with Gasteiger partial charge in [-0.05, 0) is 74.0 Å². The molecule has 42 heavy (non-hydrogen) atoms. The van der Waals surface area contributed by atoms with Crippen molar-refractivity contribution in [2.45, 2.75) is 0 Å². The molecule has 0 saturated carbocycles. The molecular weight excluding hydrogens is 506 g/mol. The topological polar surface area (TPSA) is 3.24 Å². The van der Waals surface area contributed by atoms with E-state index in [-0.39, 0.29) is 0 Å². The number of benzene rings is 7. The van der Waals surface area contributed by atoms with E-state index >= 15 is 0 Å². The molecule has 0 aliphatic rings. The number of hydrogen-bond acceptors (Lipinski definition) is 1. The first-order chi connectivity index (χ1) is 20.7. The van der Waals surface area contributed by atoms with E-state index in [0.717, 1.165) is 5.69 Å². The second kappa shape index (κ2) is 11.2. The monoisotopic (exact) mass is 537 g/mol. The van der Waals surface area contributed by atoms with Crippen LogP contribution >= 0.6 is 0 Å². The predicted octanol–water partition coefficient (Wildman–Crippen LogP) is 11.3. The number of anilines is 2. The quantitative estimate of drug-likeness (QED) is 0.204. The van der Waals surface area contributed by atoms with E-state index in [2.05, 4.69) is 182 Å². The first-order valence-corrected chi connectivity index (χ1v) is 14.4. The Morgan fingerprint density at radius 2 is 0.881 bits per heavy atom. The standard InChI is InChI=1S/C41H31N/c1-42(41-19-11-10-18-39(41)33-15-6-3-7-16-33)37-26-27-38(34-23-20-32(21-24-34)30-12-4-2-5-13-30)40(29-37)36-25-22-31-14-8-9-17-35(31)28-36/h2-29H,1H3. The zero-order valence-electron chi connectivity index (χ0n) is 23.6. The van der Waals surface area contributed by atoms with E-state index in [1.165, 1.54) is 61.0 Å². The van der Waals surface area contributed by atoms with Crippen LogP contribution in [0.3, 0.4) is 0 Å². The summed E-state index contributed by atoms with van der Waals surface area (Å²) < 4.78 is 0. The summed E-state index contributed by atoms with van der Waals surface area (Å²) in [7, 11) is 2.16. The van der Waals surface area contributed by atoms with Crippen molar-refractivity contribution in [2.24, 2.45) is 0 Å². The van der Waals surface area contributed by atoms with E-state index < -0.39 is 0 Å². The van der Waals surface area contributed by atoms with E-state index in [1.807, 2.05) is 0 Å². The summed E-state index contributed by atoms with van der Waals surface area (Å²) in [6.07, 6.45) is 0. The maximum absolute atomic E-state index is 2.34. The van der Waals surface area contributed by atoms with Crippen LogP contribution in [0.1, 0.15) is 0 Å². The fourth-order valence-electron chi connectivity index (χ4n) is 5.83. The molecule has 7 rings (SSSR count). The highest BCUT2D eigenvalue weighted by Gasteiger charge is 2.15. The zero-order chi connectivity index (χ0) is 28.3. The molecule has 1 heteroatoms. The number of fused-ring (bicyclic) bond motifs is 1. The Kier molecular flexibility index (Phi) is 6.84. The minimum atomic E-state index is 1.14. The van der Waals surface area contributed by atoms with E-state index in [4.69, 9.17) is 0 Å². The summed E-state index contributed by atoms with van der Waals surface area (Å²) in [5.41, 5.74) is 12.1. The van der Waals surface area contributed by atoms with Gasteiger partial charge in [-0.3, -0.25) is 0 Å². The van der Waals surface area contributed by atoms with Crippen LogP contribution < -0.4 is 4.90 Å². The zero-order valence-corrected chi connectivity index (χ0v) is 23.6. The molecule has 0 unspecified atom stereocenters. The van der Waals surface area contributed by atoms with Crippen LogP contribution in [0.4, 0.5) is 11.4 Å². The Morgan fingerprint density at radius 1 is 0.333 bits per heavy atom. The Morgan fingerprint density at radius 3 is 1.64 bits per heavy atom. The normalized spacial score (nSPS) is 11.0. The molecule has 0 fully saturated rings. The van der Waals surface area contributed by atoms with Gasteiger partial charge in [-0.2, -0.15) is 0 Å². The van der Waals surface area contributed by atoms with Crippen molar-refractivity contribution in [3.05, 3.63) is 170 Å². The molecule has 0 bridgehead atoms. The third-order valence-corrected chi connectivity index (χ3v) is 8.10. The van der Waals surface area contributed by atoms with Gasteiger partial charge in [0.05, 0.1) is 0 Å². The highest BCUT2D eigenvalue weighted by atomic mass is 15.1. The molecule has 0 aromatic heterocycles. The Hall–Kier alpha value is -5.40. The van der Waals surface area contributed by atoms with Crippen LogP contribution in [-0.4, -0.2) is 7.05 Å². The summed E-state index contributed by atoms with van der Waals surface area (Å²) in [4.78, 5) is 2.30. The van der Waals surface area contributed by atoms with Crippen LogP contribution in [0.25, 0.3) is 55.3 Å². The summed E-state index contributed by atoms with van der Waals surface area (Å²) in [6.45, 7) is 0. The maximum Gasteiger partial charge on any atom is 0.0487 e. The van der Waals surface area contributed by atoms with Gasteiger partial charge >= 0.3 is 0 Å². The maximum atomic E-state index is 2.34. The Bertz CT molecular complexity index is 1970. The molecule has 200 valence electrons. The number of rotatable bonds is 6. The lowest BCUT2D eigenvalue weighted by atomic mass is 9.91. The van der Waals surface area contributed by atoms with Crippen molar-refractivity contribution >= 4 is 22.1 Å². The average Bonchev–Trinajstić information content (AvgIpc) is 3.08. The van der Waals surface area contributed by atoms with E-state index in [0.29, 0.717) is 0 Å². The molecule has 0 radical (unpaired) electrons. The molecule has 0 N–H and O–H groups in total. The van der Waals surface area contributed by atoms with E-state index in [1.54, 1.807) is 0 Å². The van der Waals surface area contributed by atoms with Gasteiger partial charge in [0.2, 0.25) is 0 Å². The average molecular weight is 538 g/mol. The first-order valence-electron chi connectivity index (χ1n) is 14.4. The molecule has 0 amide bonds. The van der Waals surface area contributed by atoms with Gasteiger partial charge in [-0.25, -0.2) is 0 Å². The molecule has 1 nitrogen and oxygen atoms in total. The lowest BCUT2D eigenvalue weighted by molar-refractivity contribution is 1.21. The predicted molar refractivity (Wildman–Crippen MR) is 180 cm³/mol. The molecule has 0 heterocycles. The highest BCUT2D eigenvalue weighted by molar-refractivity contribution is 5.93. The summed E-state index contributed by atoms with van der Waals surface area (Å²) in [5.74, 6) is 0. The van der Waals surface area contributed by atoms with Gasteiger partial charge in [0.1, 0.15) is 0 Å². The molecule has 0 spiro atoms. The Labute approximate surface area is 248 Å². The van der Waals surface area contributed by atoms with Crippen molar-refractivity contribution < 1.29 is 0 Å². The fraction of sp³-hybridized carbons (Fsp3) is 0.0244. The molecule has 0 atom stereocenters. The van der Waals surface area contributed by atoms with Gasteiger partial charge < -0.3 is 4.90 Å². The molecule has 0 aliphatic carbocycles. The molecule has 0 aliphatic heterocycles. The highest BCUT2D eigenvalue weighted by Crippen LogP contribution is 2.40. The van der Waals surface area contributed by atoms with Gasteiger partial charge in [0, 0.05) is 24.0 Å². The third-order valence-electron chi connectivity index (χ3n) is 8.10. The van der Waals surface area contributed by atoms with E-state index in [9.17, 15) is 0 Å². The lowest BCUT2D eigenvalue weighted by Crippen LogP contribution is -2.11. The third kappa shape index (κ3) is 4.98. The number of nitrogens with zero attached hydrogens (tertiary/aromatic N) is 1. The van der Waals surface area contributed by atoms with Crippen LogP contribution in [0.15, 0.2) is 170 Å². The Balaban J connectivity index is 1.35. The molecule has 7 aromatic rings. The van der Waals surface area contributed by atoms with Crippen molar-refractivity contribution in [3.63, 3.8) is 0 Å². The van der Waals surface area contributed by atoms with Crippen LogP contribution in [0.5, 0.6) is 0 Å². The first kappa shape index (κ1) is 25.6. The number of para-hydroxylation sites is 1. The summed E-state index contributed by atoms with van der Waals surface area (Å²) in [5, 5.41) is 2.49. The van der Waals surface area contributed by atoms with Crippen LogP contribution in [0, 0.1) is 0 Å². The largest absolute Gasteiger partial charge is 0.344 e. The minimum Gasteiger partial charge on any atom is -0.344 e. The lowest BCUT2D eigenvalue weighted by Gasteiger charge is -2.24. The van der Waals surface area contributed by atoms with Gasteiger partial charge in [0.15, 0.2) is 0 Å². The second-order valence-corrected chi connectivity index (χ2v) is 10.7. The number of hydrogen-bond donors (Lipinski definition) is 0. The van der Waals surface area contributed by atoms with Gasteiger partial charge in [0.25, 0.3) is 0 Å².